The summed E-state index contributed by atoms with van der Waals surface area (Å²) < 4.78 is 0. The van der Waals surface area contributed by atoms with E-state index < -0.39 is 6.04 Å². The number of nitrogens with zero attached hydrogens (tertiary/aromatic N) is 4. The van der Waals surface area contributed by atoms with Crippen molar-refractivity contribution in [1.82, 2.24) is 20.2 Å². The zero-order valence-corrected chi connectivity index (χ0v) is 18.3. The van der Waals surface area contributed by atoms with Crippen LogP contribution in [0.1, 0.15) is 29.8 Å². The number of carbonyl (C=O) groups is 1. The molecule has 0 aliphatic heterocycles. The van der Waals surface area contributed by atoms with Crippen molar-refractivity contribution in [3.8, 4) is 17.3 Å². The van der Waals surface area contributed by atoms with Crippen LogP contribution in [0.25, 0.3) is 11.3 Å². The smallest absolute Gasteiger partial charge is 0.252 e. The lowest BCUT2D eigenvalue weighted by atomic mass is 10.1. The lowest BCUT2D eigenvalue weighted by Crippen LogP contribution is -2.31. The molecule has 8 nitrogen and oxygen atoms in total. The van der Waals surface area contributed by atoms with Crippen molar-refractivity contribution in [2.24, 2.45) is 0 Å². The maximum atomic E-state index is 12.2. The molecule has 162 valence electrons. The van der Waals surface area contributed by atoms with Crippen molar-refractivity contribution in [2.45, 2.75) is 26.8 Å². The molecule has 31 heavy (non-hydrogen) atoms. The van der Waals surface area contributed by atoms with E-state index in [0.717, 1.165) is 22.5 Å². The largest absolute Gasteiger partial charge is 0.395 e. The first-order chi connectivity index (χ1) is 14.9. The second-order valence-electron chi connectivity index (χ2n) is 7.04. The second kappa shape index (κ2) is 11.5. The van der Waals surface area contributed by atoms with Gasteiger partial charge >= 0.3 is 0 Å². The first kappa shape index (κ1) is 23.6. The van der Waals surface area contributed by atoms with Crippen LogP contribution in [0.15, 0.2) is 54.5 Å². The zero-order chi connectivity index (χ0) is 22.8. The first-order valence-electron chi connectivity index (χ1n) is 9.95. The molecule has 0 aliphatic carbocycles. The number of rotatable bonds is 9. The summed E-state index contributed by atoms with van der Waals surface area (Å²) in [4.78, 5) is 23.1. The molecular formula is C23H28N6O2. The normalized spacial score (nSPS) is 12.3. The molecule has 1 aromatic heterocycles. The molecule has 1 aromatic carbocycles. The summed E-state index contributed by atoms with van der Waals surface area (Å²) in [5.41, 5.74) is 3.75. The van der Waals surface area contributed by atoms with E-state index >= 15 is 0 Å². The molecule has 1 amide bonds. The van der Waals surface area contributed by atoms with E-state index in [-0.39, 0.29) is 12.5 Å². The number of amides is 1. The topological polar surface area (TPSA) is 114 Å². The lowest BCUT2D eigenvalue weighted by Gasteiger charge is -2.15. The first-order valence-corrected chi connectivity index (χ1v) is 9.95. The summed E-state index contributed by atoms with van der Waals surface area (Å²) in [5, 5.41) is 23.8. The molecule has 0 bridgehead atoms. The highest BCUT2D eigenvalue weighted by Crippen LogP contribution is 2.23. The number of allylic oxidation sites excluding steroid dienone is 2. The fourth-order valence-corrected chi connectivity index (χ4v) is 2.77. The van der Waals surface area contributed by atoms with Crippen LogP contribution in [-0.4, -0.2) is 52.1 Å². The van der Waals surface area contributed by atoms with Gasteiger partial charge in [-0.25, -0.2) is 9.97 Å². The van der Waals surface area contributed by atoms with E-state index in [0.29, 0.717) is 18.1 Å². The lowest BCUT2D eigenvalue weighted by molar-refractivity contribution is 0.0948. The molecule has 8 heteroatoms. The summed E-state index contributed by atoms with van der Waals surface area (Å²) in [7, 11) is 1.87. The molecule has 0 saturated carbocycles. The number of hydrogen-bond donors (Lipinski definition) is 3. The molecule has 0 radical (unpaired) electrons. The highest BCUT2D eigenvalue weighted by Gasteiger charge is 2.11. The van der Waals surface area contributed by atoms with Gasteiger partial charge in [-0.15, -0.1) is 0 Å². The third-order valence-corrected chi connectivity index (χ3v) is 4.35. The minimum Gasteiger partial charge on any atom is -0.395 e. The average Bonchev–Trinajstić information content (AvgIpc) is 2.75. The van der Waals surface area contributed by atoms with Gasteiger partial charge in [-0.2, -0.15) is 5.26 Å². The maximum absolute atomic E-state index is 12.2. The number of aliphatic hydroxyl groups excluding tert-OH is 1. The van der Waals surface area contributed by atoms with Crippen molar-refractivity contribution in [2.75, 3.05) is 25.5 Å². The van der Waals surface area contributed by atoms with Gasteiger partial charge in [-0.3, -0.25) is 4.79 Å². The Hall–Kier alpha value is -3.70. The Morgan fingerprint density at radius 3 is 2.68 bits per heavy atom. The second-order valence-corrected chi connectivity index (χ2v) is 7.04. The molecule has 0 aliphatic rings. The van der Waals surface area contributed by atoms with Crippen LogP contribution in [0.2, 0.25) is 0 Å². The van der Waals surface area contributed by atoms with Gasteiger partial charge in [0.2, 0.25) is 5.95 Å². The summed E-state index contributed by atoms with van der Waals surface area (Å²) in [6.45, 7) is 6.04. The molecule has 2 aromatic rings. The fraction of sp³-hybridized carbons (Fsp3) is 0.304. The van der Waals surface area contributed by atoms with Crippen molar-refractivity contribution >= 4 is 11.9 Å². The Morgan fingerprint density at radius 2 is 2.06 bits per heavy atom. The van der Waals surface area contributed by atoms with E-state index in [1.807, 2.05) is 62.3 Å². The molecule has 1 heterocycles. The quantitative estimate of drug-likeness (QED) is 0.535. The average molecular weight is 421 g/mol. The minimum absolute atomic E-state index is 0.0603. The van der Waals surface area contributed by atoms with Crippen LogP contribution in [0.4, 0.5) is 5.95 Å². The number of carbonyl (C=O) groups excluding carboxylic acids is 1. The fourth-order valence-electron chi connectivity index (χ4n) is 2.77. The molecule has 0 unspecified atom stereocenters. The Kier molecular flexibility index (Phi) is 8.73. The summed E-state index contributed by atoms with van der Waals surface area (Å²) in [6.07, 6.45) is 7.41. The Bertz CT molecular complexity index is 992. The SMILES string of the molecule is C/C=C\C(=C/N(C)CCO)Nc1ncc(C)c(-c2ccc(C(=O)N[C@@H](C)C#N)cc2)n1. The monoisotopic (exact) mass is 420 g/mol. The van der Waals surface area contributed by atoms with Crippen LogP contribution in [0, 0.1) is 18.3 Å². The number of benzene rings is 1. The number of aromatic nitrogens is 2. The third-order valence-electron chi connectivity index (χ3n) is 4.35. The molecule has 0 spiro atoms. The summed E-state index contributed by atoms with van der Waals surface area (Å²) in [5.74, 6) is 0.141. The number of hydrogen-bond acceptors (Lipinski definition) is 7. The zero-order valence-electron chi connectivity index (χ0n) is 18.3. The number of aryl methyl sites for hydroxylation is 1. The van der Waals surface area contributed by atoms with Crippen molar-refractivity contribution in [1.29, 1.82) is 5.26 Å². The van der Waals surface area contributed by atoms with Crippen molar-refractivity contribution in [3.63, 3.8) is 0 Å². The highest BCUT2D eigenvalue weighted by atomic mass is 16.3. The van der Waals surface area contributed by atoms with Crippen LogP contribution in [0.3, 0.4) is 0 Å². The van der Waals surface area contributed by atoms with Gasteiger partial charge in [0.15, 0.2) is 0 Å². The van der Waals surface area contributed by atoms with Crippen LogP contribution in [-0.2, 0) is 0 Å². The van der Waals surface area contributed by atoms with Gasteiger partial charge < -0.3 is 20.6 Å². The third kappa shape index (κ3) is 6.94. The van der Waals surface area contributed by atoms with E-state index in [2.05, 4.69) is 20.6 Å². The Morgan fingerprint density at radius 1 is 1.35 bits per heavy atom. The highest BCUT2D eigenvalue weighted by molar-refractivity contribution is 5.95. The number of likely N-dealkylation sites (N-methyl/N-ethyl adjacent to an activating group) is 1. The predicted octanol–water partition coefficient (Wildman–Crippen LogP) is 2.85. The molecule has 3 N–H and O–H groups in total. The van der Waals surface area contributed by atoms with Gasteiger partial charge in [-0.05, 0) is 44.5 Å². The molecule has 0 saturated heterocycles. The van der Waals surface area contributed by atoms with E-state index in [1.54, 1.807) is 25.3 Å². The van der Waals surface area contributed by atoms with Crippen LogP contribution in [0.5, 0.6) is 0 Å². The summed E-state index contributed by atoms with van der Waals surface area (Å²) >= 11 is 0. The van der Waals surface area contributed by atoms with E-state index in [9.17, 15) is 4.79 Å². The van der Waals surface area contributed by atoms with Gasteiger partial charge in [0.05, 0.1) is 24.1 Å². The minimum atomic E-state index is -0.555. The molecule has 1 atom stereocenters. The van der Waals surface area contributed by atoms with Gasteiger partial charge in [0.1, 0.15) is 6.04 Å². The molecule has 0 fully saturated rings. The number of nitrogens with one attached hydrogen (secondary N) is 2. The number of aliphatic hydroxyl groups is 1. The summed E-state index contributed by atoms with van der Waals surface area (Å²) in [6, 6.07) is 8.48. The van der Waals surface area contributed by atoms with Gasteiger partial charge in [0.25, 0.3) is 5.91 Å². The number of nitriles is 1. The Labute approximate surface area is 183 Å². The predicted molar refractivity (Wildman–Crippen MR) is 121 cm³/mol. The van der Waals surface area contributed by atoms with Crippen LogP contribution < -0.4 is 10.6 Å². The maximum Gasteiger partial charge on any atom is 0.252 e. The van der Waals surface area contributed by atoms with Gasteiger partial charge in [0, 0.05) is 37.1 Å². The van der Waals surface area contributed by atoms with Crippen molar-refractivity contribution < 1.29 is 9.90 Å². The number of anilines is 1. The standard InChI is InChI=1S/C23H28N6O2/c1-5-6-20(15-29(4)11-12-30)27-23-25-14-16(2)21(28-23)18-7-9-19(10-8-18)22(31)26-17(3)13-24/h5-10,14-15,17,30H,11-12H2,1-4H3,(H,26,31)(H,25,27,28)/b6-5-,20-15+/t17-/m0/s1. The molecular weight excluding hydrogens is 392 g/mol. The van der Waals surface area contributed by atoms with E-state index in [4.69, 9.17) is 10.4 Å². The van der Waals surface area contributed by atoms with E-state index in [1.165, 1.54) is 0 Å². The molecule has 2 rings (SSSR count). The van der Waals surface area contributed by atoms with Crippen molar-refractivity contribution in [3.05, 3.63) is 65.6 Å². The Balaban J connectivity index is 2.26. The van der Waals surface area contributed by atoms with Crippen LogP contribution >= 0.6 is 0 Å². The van der Waals surface area contributed by atoms with Gasteiger partial charge in [-0.1, -0.05) is 18.2 Å².